The average molecular weight is 256 g/mol. The first-order valence-corrected chi connectivity index (χ1v) is 7.19. The number of hydrogen-bond acceptors (Lipinski definition) is 4. The van der Waals surface area contributed by atoms with E-state index in [1.54, 1.807) is 0 Å². The van der Waals surface area contributed by atoms with Gasteiger partial charge in [-0.1, -0.05) is 0 Å². The number of hydrogen-bond donors (Lipinski definition) is 1. The molecule has 3 atom stereocenters. The summed E-state index contributed by atoms with van der Waals surface area (Å²) in [6, 6.07) is 0. The Hall–Kier alpha value is -0.160. The lowest BCUT2D eigenvalue weighted by Crippen LogP contribution is -2.53. The molecule has 0 saturated carbocycles. The Bertz CT molecular complexity index is 271. The molecule has 2 heterocycles. The van der Waals surface area contributed by atoms with E-state index < -0.39 is 0 Å². The fraction of sp³-hybridized carbons (Fsp3) is 1.00. The van der Waals surface area contributed by atoms with Crippen molar-refractivity contribution in [2.45, 2.75) is 57.5 Å². The standard InChI is InChI=1S/C14H28N2O2/c1-11-8-16(10-14(2,3)18-11)9-13-6-5-12(17-13)7-15-4/h11-13,15H,5-10H2,1-4H3. The number of ether oxygens (including phenoxy) is 2. The van der Waals surface area contributed by atoms with Gasteiger partial charge in [-0.05, 0) is 40.7 Å². The molecule has 0 spiro atoms. The third-order valence-electron chi connectivity index (χ3n) is 3.73. The van der Waals surface area contributed by atoms with Crippen LogP contribution in [-0.2, 0) is 9.47 Å². The Morgan fingerprint density at radius 2 is 2.00 bits per heavy atom. The second kappa shape index (κ2) is 5.87. The van der Waals surface area contributed by atoms with Crippen LogP contribution in [0.2, 0.25) is 0 Å². The van der Waals surface area contributed by atoms with Crippen LogP contribution in [0.1, 0.15) is 33.6 Å². The van der Waals surface area contributed by atoms with Crippen molar-refractivity contribution in [1.29, 1.82) is 0 Å². The van der Waals surface area contributed by atoms with E-state index in [0.717, 1.165) is 26.2 Å². The van der Waals surface area contributed by atoms with Gasteiger partial charge in [0.25, 0.3) is 0 Å². The molecule has 0 bridgehead atoms. The number of morpholine rings is 1. The fourth-order valence-electron chi connectivity index (χ4n) is 3.31. The Morgan fingerprint density at radius 1 is 1.28 bits per heavy atom. The lowest BCUT2D eigenvalue weighted by Gasteiger charge is -2.42. The van der Waals surface area contributed by atoms with Gasteiger partial charge in [-0.25, -0.2) is 0 Å². The summed E-state index contributed by atoms with van der Waals surface area (Å²) in [7, 11) is 1.99. The predicted molar refractivity (Wildman–Crippen MR) is 72.9 cm³/mol. The van der Waals surface area contributed by atoms with Crippen molar-refractivity contribution in [3.05, 3.63) is 0 Å². The van der Waals surface area contributed by atoms with Crippen LogP contribution in [-0.4, -0.2) is 62.0 Å². The first-order chi connectivity index (χ1) is 8.48. The smallest absolute Gasteiger partial charge is 0.0757 e. The largest absolute Gasteiger partial charge is 0.372 e. The van der Waals surface area contributed by atoms with Crippen LogP contribution in [0.15, 0.2) is 0 Å². The molecular weight excluding hydrogens is 228 g/mol. The van der Waals surface area contributed by atoms with Crippen LogP contribution in [0, 0.1) is 0 Å². The fourth-order valence-corrected chi connectivity index (χ4v) is 3.31. The van der Waals surface area contributed by atoms with Gasteiger partial charge in [0.05, 0.1) is 23.9 Å². The number of likely N-dealkylation sites (N-methyl/N-ethyl adjacent to an activating group) is 1. The molecule has 2 saturated heterocycles. The first-order valence-electron chi connectivity index (χ1n) is 7.19. The lowest BCUT2D eigenvalue weighted by molar-refractivity contribution is -0.135. The third-order valence-corrected chi connectivity index (χ3v) is 3.73. The highest BCUT2D eigenvalue weighted by Crippen LogP contribution is 2.24. The molecular formula is C14H28N2O2. The summed E-state index contributed by atoms with van der Waals surface area (Å²) in [5.41, 5.74) is -0.0271. The summed E-state index contributed by atoms with van der Waals surface area (Å²) >= 11 is 0. The minimum atomic E-state index is -0.0271. The molecule has 4 nitrogen and oxygen atoms in total. The van der Waals surface area contributed by atoms with Gasteiger partial charge >= 0.3 is 0 Å². The van der Waals surface area contributed by atoms with E-state index in [4.69, 9.17) is 9.47 Å². The van der Waals surface area contributed by atoms with Crippen molar-refractivity contribution < 1.29 is 9.47 Å². The second-order valence-electron chi connectivity index (χ2n) is 6.40. The van der Waals surface area contributed by atoms with E-state index >= 15 is 0 Å². The Balaban J connectivity index is 1.79. The summed E-state index contributed by atoms with van der Waals surface area (Å²) in [5.74, 6) is 0. The van der Waals surface area contributed by atoms with E-state index in [0.29, 0.717) is 18.3 Å². The Morgan fingerprint density at radius 3 is 2.67 bits per heavy atom. The molecule has 2 rings (SSSR count). The van der Waals surface area contributed by atoms with Gasteiger partial charge < -0.3 is 14.8 Å². The van der Waals surface area contributed by atoms with Crippen LogP contribution >= 0.6 is 0 Å². The number of nitrogens with zero attached hydrogens (tertiary/aromatic N) is 1. The average Bonchev–Trinajstić information content (AvgIpc) is 2.62. The summed E-state index contributed by atoms with van der Waals surface area (Å²) in [6.45, 7) is 10.6. The summed E-state index contributed by atoms with van der Waals surface area (Å²) in [5, 5.41) is 3.20. The molecule has 2 aliphatic heterocycles. The minimum absolute atomic E-state index is 0.0271. The molecule has 0 aromatic carbocycles. The monoisotopic (exact) mass is 256 g/mol. The van der Waals surface area contributed by atoms with Crippen LogP contribution < -0.4 is 5.32 Å². The summed E-state index contributed by atoms with van der Waals surface area (Å²) in [4.78, 5) is 2.50. The Kier molecular flexibility index (Phi) is 4.64. The number of rotatable bonds is 4. The minimum Gasteiger partial charge on any atom is -0.372 e. The maximum atomic E-state index is 6.06. The second-order valence-corrected chi connectivity index (χ2v) is 6.40. The zero-order chi connectivity index (χ0) is 13.2. The molecule has 106 valence electrons. The highest BCUT2D eigenvalue weighted by Gasteiger charge is 2.34. The molecule has 0 amide bonds. The molecule has 3 unspecified atom stereocenters. The zero-order valence-electron chi connectivity index (χ0n) is 12.2. The highest BCUT2D eigenvalue weighted by molar-refractivity contribution is 4.85. The molecule has 2 fully saturated rings. The van der Waals surface area contributed by atoms with Gasteiger partial charge in [-0.3, -0.25) is 4.90 Å². The molecule has 0 aliphatic carbocycles. The molecule has 0 aromatic rings. The molecule has 2 aliphatic rings. The maximum Gasteiger partial charge on any atom is 0.0757 e. The van der Waals surface area contributed by atoms with Crippen molar-refractivity contribution in [3.63, 3.8) is 0 Å². The lowest BCUT2D eigenvalue weighted by atomic mass is 10.0. The molecule has 18 heavy (non-hydrogen) atoms. The SMILES string of the molecule is CNCC1CCC(CN2CC(C)OC(C)(C)C2)O1. The predicted octanol–water partition coefficient (Wildman–Crippen LogP) is 1.25. The molecule has 4 heteroatoms. The van der Waals surface area contributed by atoms with Gasteiger partial charge in [-0.15, -0.1) is 0 Å². The van der Waals surface area contributed by atoms with Crippen molar-refractivity contribution in [1.82, 2.24) is 10.2 Å². The van der Waals surface area contributed by atoms with Crippen molar-refractivity contribution in [2.75, 3.05) is 33.2 Å². The topological polar surface area (TPSA) is 33.7 Å². The Labute approximate surface area is 111 Å². The van der Waals surface area contributed by atoms with Crippen LogP contribution in [0.3, 0.4) is 0 Å². The van der Waals surface area contributed by atoms with Gasteiger partial charge in [-0.2, -0.15) is 0 Å². The van der Waals surface area contributed by atoms with Crippen molar-refractivity contribution in [3.8, 4) is 0 Å². The van der Waals surface area contributed by atoms with E-state index in [2.05, 4.69) is 31.0 Å². The molecule has 0 radical (unpaired) electrons. The van der Waals surface area contributed by atoms with Crippen LogP contribution in [0.5, 0.6) is 0 Å². The van der Waals surface area contributed by atoms with Gasteiger partial charge in [0.15, 0.2) is 0 Å². The van der Waals surface area contributed by atoms with E-state index in [9.17, 15) is 0 Å². The normalized spacial score (nSPS) is 37.0. The molecule has 0 aromatic heterocycles. The number of nitrogens with one attached hydrogen (secondary N) is 1. The van der Waals surface area contributed by atoms with E-state index in [1.807, 2.05) is 7.05 Å². The summed E-state index contributed by atoms with van der Waals surface area (Å²) < 4.78 is 12.0. The summed E-state index contributed by atoms with van der Waals surface area (Å²) in [6.07, 6.45) is 3.52. The third kappa shape index (κ3) is 3.92. The molecule has 1 N–H and O–H groups in total. The first kappa shape index (κ1) is 14.3. The van der Waals surface area contributed by atoms with Gasteiger partial charge in [0, 0.05) is 26.2 Å². The van der Waals surface area contributed by atoms with Gasteiger partial charge in [0.2, 0.25) is 0 Å². The van der Waals surface area contributed by atoms with E-state index in [1.165, 1.54) is 12.8 Å². The quantitative estimate of drug-likeness (QED) is 0.821. The zero-order valence-corrected chi connectivity index (χ0v) is 12.2. The van der Waals surface area contributed by atoms with Crippen molar-refractivity contribution >= 4 is 0 Å². The highest BCUT2D eigenvalue weighted by atomic mass is 16.5. The van der Waals surface area contributed by atoms with Crippen LogP contribution in [0.4, 0.5) is 0 Å². The van der Waals surface area contributed by atoms with Gasteiger partial charge in [0.1, 0.15) is 0 Å². The van der Waals surface area contributed by atoms with Crippen molar-refractivity contribution in [2.24, 2.45) is 0 Å². The van der Waals surface area contributed by atoms with E-state index in [-0.39, 0.29) is 5.60 Å². The van der Waals surface area contributed by atoms with Crippen LogP contribution in [0.25, 0.3) is 0 Å². The maximum absolute atomic E-state index is 6.06.